The minimum absolute atomic E-state index is 0.520. The molecule has 0 aliphatic carbocycles. The maximum absolute atomic E-state index is 6.16. The number of halogens is 1. The molecule has 108 valence electrons. The number of methoxy groups -OCH3 is 2. The van der Waals surface area contributed by atoms with Crippen LogP contribution in [0.4, 0.5) is 0 Å². The number of hydrogen-bond acceptors (Lipinski definition) is 2. The van der Waals surface area contributed by atoms with Crippen LogP contribution < -0.4 is 9.47 Å². The Balaban J connectivity index is 3.11. The van der Waals surface area contributed by atoms with E-state index in [2.05, 4.69) is 13.8 Å². The largest absolute Gasteiger partial charge is 0.496 e. The van der Waals surface area contributed by atoms with Crippen molar-refractivity contribution in [3.8, 4) is 11.5 Å². The molecular weight excluding hydrogens is 260 g/mol. The smallest absolute Gasteiger partial charge is 0.138 e. The quantitative estimate of drug-likeness (QED) is 0.633. The summed E-state index contributed by atoms with van der Waals surface area (Å²) in [5, 5.41) is 0.605. The summed E-state index contributed by atoms with van der Waals surface area (Å²) in [6.45, 7) is 4.45. The number of unbranched alkanes of at least 4 members (excludes halogenated alkanes) is 1. The topological polar surface area (TPSA) is 18.5 Å². The second-order valence-corrected chi connectivity index (χ2v) is 5.26. The maximum atomic E-state index is 6.16. The molecule has 19 heavy (non-hydrogen) atoms. The summed E-state index contributed by atoms with van der Waals surface area (Å²) in [7, 11) is 3.35. The minimum atomic E-state index is 0.520. The van der Waals surface area contributed by atoms with Crippen LogP contribution in [-0.4, -0.2) is 14.2 Å². The molecule has 1 aromatic rings. The third kappa shape index (κ3) is 4.31. The SMILES string of the molecule is CCCCC(CCC)c1cc(OC)c(Cl)cc1OC. The summed E-state index contributed by atoms with van der Waals surface area (Å²) in [4.78, 5) is 0. The van der Waals surface area contributed by atoms with Gasteiger partial charge in [-0.2, -0.15) is 0 Å². The maximum Gasteiger partial charge on any atom is 0.138 e. The van der Waals surface area contributed by atoms with Gasteiger partial charge in [0.25, 0.3) is 0 Å². The van der Waals surface area contributed by atoms with Crippen molar-refractivity contribution in [3.63, 3.8) is 0 Å². The molecule has 0 bridgehead atoms. The predicted octanol–water partition coefficient (Wildman–Crippen LogP) is 5.43. The summed E-state index contributed by atoms with van der Waals surface area (Å²) in [6.07, 6.45) is 5.97. The molecule has 1 aromatic carbocycles. The monoisotopic (exact) mass is 284 g/mol. The van der Waals surface area contributed by atoms with Gasteiger partial charge in [0, 0.05) is 11.6 Å². The molecule has 0 aliphatic heterocycles. The average molecular weight is 285 g/mol. The van der Waals surface area contributed by atoms with E-state index in [1.165, 1.54) is 37.7 Å². The Kier molecular flexibility index (Phi) is 7.07. The van der Waals surface area contributed by atoms with E-state index in [1.54, 1.807) is 14.2 Å². The summed E-state index contributed by atoms with van der Waals surface area (Å²) >= 11 is 6.16. The van der Waals surface area contributed by atoms with Crippen LogP contribution in [0.3, 0.4) is 0 Å². The zero-order valence-corrected chi connectivity index (χ0v) is 13.2. The molecule has 0 fully saturated rings. The van der Waals surface area contributed by atoms with E-state index in [9.17, 15) is 0 Å². The van der Waals surface area contributed by atoms with Crippen LogP contribution in [0.15, 0.2) is 12.1 Å². The Hall–Kier alpha value is -0.890. The lowest BCUT2D eigenvalue weighted by Crippen LogP contribution is -2.03. The highest BCUT2D eigenvalue weighted by Gasteiger charge is 2.18. The molecule has 0 aromatic heterocycles. The normalized spacial score (nSPS) is 12.3. The Labute approximate surface area is 122 Å². The van der Waals surface area contributed by atoms with Gasteiger partial charge >= 0.3 is 0 Å². The molecule has 0 N–H and O–H groups in total. The van der Waals surface area contributed by atoms with Gasteiger partial charge in [-0.1, -0.05) is 44.7 Å². The molecule has 2 nitrogen and oxygen atoms in total. The van der Waals surface area contributed by atoms with Gasteiger partial charge in [0.2, 0.25) is 0 Å². The van der Waals surface area contributed by atoms with Gasteiger partial charge in [-0.05, 0) is 24.8 Å². The molecule has 0 radical (unpaired) electrons. The number of hydrogen-bond donors (Lipinski definition) is 0. The van der Waals surface area contributed by atoms with Crippen LogP contribution >= 0.6 is 11.6 Å². The van der Waals surface area contributed by atoms with Gasteiger partial charge < -0.3 is 9.47 Å². The van der Waals surface area contributed by atoms with E-state index in [4.69, 9.17) is 21.1 Å². The summed E-state index contributed by atoms with van der Waals surface area (Å²) in [5.41, 5.74) is 1.22. The molecule has 0 spiro atoms. The highest BCUT2D eigenvalue weighted by atomic mass is 35.5. The van der Waals surface area contributed by atoms with Crippen LogP contribution in [0, 0.1) is 0 Å². The number of ether oxygens (including phenoxy) is 2. The molecule has 0 saturated heterocycles. The standard InChI is InChI=1S/C16H25ClO2/c1-5-7-9-12(8-6-2)13-10-16(19-4)14(17)11-15(13)18-3/h10-12H,5-9H2,1-4H3. The third-order valence-corrected chi connectivity index (χ3v) is 3.78. The fourth-order valence-electron chi connectivity index (χ4n) is 2.46. The minimum Gasteiger partial charge on any atom is -0.496 e. The van der Waals surface area contributed by atoms with E-state index in [0.717, 1.165) is 11.5 Å². The first-order valence-electron chi connectivity index (χ1n) is 7.09. The first kappa shape index (κ1) is 16.2. The summed E-state index contributed by atoms with van der Waals surface area (Å²) < 4.78 is 10.8. The number of rotatable bonds is 8. The highest BCUT2D eigenvalue weighted by Crippen LogP contribution is 2.39. The molecule has 1 rings (SSSR count). The highest BCUT2D eigenvalue weighted by molar-refractivity contribution is 6.32. The summed E-state index contributed by atoms with van der Waals surface area (Å²) in [5.74, 6) is 2.13. The first-order valence-corrected chi connectivity index (χ1v) is 7.47. The van der Waals surface area contributed by atoms with Crippen molar-refractivity contribution in [1.82, 2.24) is 0 Å². The van der Waals surface area contributed by atoms with Crippen LogP contribution in [0.5, 0.6) is 11.5 Å². The molecule has 1 unspecified atom stereocenters. The van der Waals surface area contributed by atoms with Crippen molar-refractivity contribution in [2.45, 2.75) is 51.9 Å². The summed E-state index contributed by atoms with van der Waals surface area (Å²) in [6, 6.07) is 3.90. The lowest BCUT2D eigenvalue weighted by atomic mass is 9.89. The van der Waals surface area contributed by atoms with Crippen LogP contribution in [0.25, 0.3) is 0 Å². The van der Waals surface area contributed by atoms with Crippen molar-refractivity contribution in [3.05, 3.63) is 22.7 Å². The molecule has 1 atom stereocenters. The predicted molar refractivity (Wildman–Crippen MR) is 81.7 cm³/mol. The fourth-order valence-corrected chi connectivity index (χ4v) is 2.69. The molecule has 3 heteroatoms. The van der Waals surface area contributed by atoms with Gasteiger partial charge in [0.05, 0.1) is 19.2 Å². The third-order valence-electron chi connectivity index (χ3n) is 3.49. The second-order valence-electron chi connectivity index (χ2n) is 4.86. The lowest BCUT2D eigenvalue weighted by Gasteiger charge is -2.20. The molecular formula is C16H25ClO2. The fraction of sp³-hybridized carbons (Fsp3) is 0.625. The van der Waals surface area contributed by atoms with Crippen molar-refractivity contribution in [2.24, 2.45) is 0 Å². The molecule has 0 heterocycles. The molecule has 0 amide bonds. The Morgan fingerprint density at radius 3 is 2.21 bits per heavy atom. The van der Waals surface area contributed by atoms with Crippen LogP contribution in [0.2, 0.25) is 5.02 Å². The van der Waals surface area contributed by atoms with Crippen molar-refractivity contribution >= 4 is 11.6 Å². The Bertz CT molecular complexity index is 391. The average Bonchev–Trinajstić information content (AvgIpc) is 2.43. The first-order chi connectivity index (χ1) is 9.17. The van der Waals surface area contributed by atoms with E-state index in [1.807, 2.05) is 12.1 Å². The molecule has 0 saturated carbocycles. The lowest BCUT2D eigenvalue weighted by molar-refractivity contribution is 0.390. The van der Waals surface area contributed by atoms with Crippen LogP contribution in [0.1, 0.15) is 57.4 Å². The van der Waals surface area contributed by atoms with Gasteiger partial charge in [-0.3, -0.25) is 0 Å². The van der Waals surface area contributed by atoms with E-state index >= 15 is 0 Å². The van der Waals surface area contributed by atoms with Crippen LogP contribution in [-0.2, 0) is 0 Å². The zero-order chi connectivity index (χ0) is 14.3. The van der Waals surface area contributed by atoms with Crippen molar-refractivity contribution in [1.29, 1.82) is 0 Å². The van der Waals surface area contributed by atoms with E-state index < -0.39 is 0 Å². The Morgan fingerprint density at radius 2 is 1.68 bits per heavy atom. The van der Waals surface area contributed by atoms with Gasteiger partial charge in [0.15, 0.2) is 0 Å². The van der Waals surface area contributed by atoms with Gasteiger partial charge in [-0.25, -0.2) is 0 Å². The second kappa shape index (κ2) is 8.31. The van der Waals surface area contributed by atoms with Gasteiger partial charge in [0.1, 0.15) is 11.5 Å². The van der Waals surface area contributed by atoms with Gasteiger partial charge in [-0.15, -0.1) is 0 Å². The number of benzene rings is 1. The van der Waals surface area contributed by atoms with Crippen molar-refractivity contribution < 1.29 is 9.47 Å². The van der Waals surface area contributed by atoms with E-state index in [-0.39, 0.29) is 0 Å². The van der Waals surface area contributed by atoms with E-state index in [0.29, 0.717) is 10.9 Å². The van der Waals surface area contributed by atoms with Crippen molar-refractivity contribution in [2.75, 3.05) is 14.2 Å². The Morgan fingerprint density at radius 1 is 1.00 bits per heavy atom. The molecule has 0 aliphatic rings. The zero-order valence-electron chi connectivity index (χ0n) is 12.5.